The van der Waals surface area contributed by atoms with Crippen LogP contribution in [0.1, 0.15) is 26.3 Å². The minimum atomic E-state index is 0.130. The van der Waals surface area contributed by atoms with Crippen molar-refractivity contribution in [3.05, 3.63) is 29.8 Å². The topological polar surface area (TPSA) is 9.23 Å². The fourth-order valence-electron chi connectivity index (χ4n) is 1.18. The molecule has 1 aromatic carbocycles. The standard InChI is InChI=1S/C13H20OS/c1-4-11-6-5-7-12(8-11)14-9-13(2,3)10-15/h5-8,15H,4,9-10H2,1-3H3. The highest BCUT2D eigenvalue weighted by atomic mass is 32.1. The second-order valence-corrected chi connectivity index (χ2v) is 4.93. The van der Waals surface area contributed by atoms with Crippen LogP contribution in [0.15, 0.2) is 24.3 Å². The van der Waals surface area contributed by atoms with Crippen LogP contribution in [0.25, 0.3) is 0 Å². The summed E-state index contributed by atoms with van der Waals surface area (Å²) < 4.78 is 5.76. The largest absolute Gasteiger partial charge is 0.493 e. The minimum absolute atomic E-state index is 0.130. The molecule has 0 N–H and O–H groups in total. The smallest absolute Gasteiger partial charge is 0.119 e. The van der Waals surface area contributed by atoms with E-state index in [2.05, 4.69) is 45.5 Å². The van der Waals surface area contributed by atoms with Crippen molar-refractivity contribution in [1.82, 2.24) is 0 Å². The predicted molar refractivity (Wildman–Crippen MR) is 68.9 cm³/mol. The van der Waals surface area contributed by atoms with Gasteiger partial charge in [0.25, 0.3) is 0 Å². The summed E-state index contributed by atoms with van der Waals surface area (Å²) in [5, 5.41) is 0. The lowest BCUT2D eigenvalue weighted by Gasteiger charge is -2.22. The van der Waals surface area contributed by atoms with E-state index < -0.39 is 0 Å². The molecule has 1 nitrogen and oxygen atoms in total. The first-order valence-electron chi connectivity index (χ1n) is 5.40. The first-order chi connectivity index (χ1) is 7.07. The highest BCUT2D eigenvalue weighted by Gasteiger charge is 2.16. The Labute approximate surface area is 98.3 Å². The van der Waals surface area contributed by atoms with Crippen molar-refractivity contribution in [3.63, 3.8) is 0 Å². The number of benzene rings is 1. The summed E-state index contributed by atoms with van der Waals surface area (Å²) in [6.45, 7) is 7.17. The Kier molecular flexibility index (Phi) is 4.52. The maximum absolute atomic E-state index is 5.76. The lowest BCUT2D eigenvalue weighted by molar-refractivity contribution is 0.202. The van der Waals surface area contributed by atoms with Gasteiger partial charge in [0, 0.05) is 5.41 Å². The van der Waals surface area contributed by atoms with E-state index in [1.165, 1.54) is 5.56 Å². The van der Waals surface area contributed by atoms with Crippen LogP contribution in [0.2, 0.25) is 0 Å². The summed E-state index contributed by atoms with van der Waals surface area (Å²) in [7, 11) is 0. The average molecular weight is 224 g/mol. The maximum Gasteiger partial charge on any atom is 0.119 e. The quantitative estimate of drug-likeness (QED) is 0.752. The van der Waals surface area contributed by atoms with E-state index in [0.717, 1.165) is 17.9 Å². The molecule has 0 aliphatic heterocycles. The van der Waals surface area contributed by atoms with Crippen molar-refractivity contribution in [1.29, 1.82) is 0 Å². The zero-order valence-corrected chi connectivity index (χ0v) is 10.7. The Hall–Kier alpha value is -0.630. The highest BCUT2D eigenvalue weighted by Crippen LogP contribution is 2.20. The molecule has 2 heteroatoms. The third kappa shape index (κ3) is 4.17. The normalized spacial score (nSPS) is 11.5. The van der Waals surface area contributed by atoms with Gasteiger partial charge in [-0.2, -0.15) is 12.6 Å². The Balaban J connectivity index is 2.57. The molecule has 0 aromatic heterocycles. The Bertz CT molecular complexity index is 307. The van der Waals surface area contributed by atoms with E-state index in [4.69, 9.17) is 4.74 Å². The Morgan fingerprint density at radius 3 is 2.67 bits per heavy atom. The number of ether oxygens (including phenoxy) is 1. The zero-order valence-electron chi connectivity index (χ0n) is 9.79. The van der Waals surface area contributed by atoms with Crippen molar-refractivity contribution in [2.24, 2.45) is 5.41 Å². The molecular weight excluding hydrogens is 204 g/mol. The maximum atomic E-state index is 5.76. The molecule has 1 rings (SSSR count). The molecule has 0 spiro atoms. The molecule has 0 heterocycles. The second-order valence-electron chi connectivity index (χ2n) is 4.61. The van der Waals surface area contributed by atoms with Crippen LogP contribution in [0.4, 0.5) is 0 Å². The number of rotatable bonds is 5. The molecule has 0 radical (unpaired) electrons. The summed E-state index contributed by atoms with van der Waals surface area (Å²) in [6, 6.07) is 8.28. The third-order valence-electron chi connectivity index (χ3n) is 2.36. The number of hydrogen-bond acceptors (Lipinski definition) is 2. The summed E-state index contributed by atoms with van der Waals surface area (Å²) in [4.78, 5) is 0. The summed E-state index contributed by atoms with van der Waals surface area (Å²) in [5.41, 5.74) is 1.45. The molecule has 15 heavy (non-hydrogen) atoms. The molecule has 0 saturated carbocycles. The molecule has 0 atom stereocenters. The van der Waals surface area contributed by atoms with Gasteiger partial charge in [-0.05, 0) is 29.9 Å². The second kappa shape index (κ2) is 5.45. The van der Waals surface area contributed by atoms with Crippen molar-refractivity contribution in [2.45, 2.75) is 27.2 Å². The van der Waals surface area contributed by atoms with Crippen LogP contribution in [0.3, 0.4) is 0 Å². The van der Waals surface area contributed by atoms with Crippen LogP contribution in [-0.2, 0) is 6.42 Å². The van der Waals surface area contributed by atoms with Gasteiger partial charge in [0.2, 0.25) is 0 Å². The lowest BCUT2D eigenvalue weighted by atomic mass is 9.98. The molecule has 0 unspecified atom stereocenters. The van der Waals surface area contributed by atoms with E-state index in [1.807, 2.05) is 12.1 Å². The van der Waals surface area contributed by atoms with Crippen LogP contribution >= 0.6 is 12.6 Å². The van der Waals surface area contributed by atoms with Crippen molar-refractivity contribution < 1.29 is 4.74 Å². The minimum Gasteiger partial charge on any atom is -0.493 e. The molecular formula is C13H20OS. The fourth-order valence-corrected chi connectivity index (χ4v) is 1.27. The van der Waals surface area contributed by atoms with E-state index in [9.17, 15) is 0 Å². The van der Waals surface area contributed by atoms with E-state index in [-0.39, 0.29) is 5.41 Å². The summed E-state index contributed by atoms with van der Waals surface area (Å²) in [6.07, 6.45) is 1.05. The molecule has 1 aromatic rings. The SMILES string of the molecule is CCc1cccc(OCC(C)(C)CS)c1. The van der Waals surface area contributed by atoms with E-state index in [1.54, 1.807) is 0 Å². The Morgan fingerprint density at radius 1 is 1.33 bits per heavy atom. The van der Waals surface area contributed by atoms with Gasteiger partial charge in [-0.1, -0.05) is 32.9 Å². The van der Waals surface area contributed by atoms with Gasteiger partial charge in [-0.25, -0.2) is 0 Å². The monoisotopic (exact) mass is 224 g/mol. The summed E-state index contributed by atoms with van der Waals surface area (Å²) >= 11 is 4.31. The Morgan fingerprint density at radius 2 is 2.07 bits per heavy atom. The first-order valence-corrected chi connectivity index (χ1v) is 6.03. The zero-order chi connectivity index (χ0) is 11.3. The lowest BCUT2D eigenvalue weighted by Crippen LogP contribution is -2.23. The number of hydrogen-bond donors (Lipinski definition) is 1. The van der Waals surface area contributed by atoms with Crippen LogP contribution in [0, 0.1) is 5.41 Å². The molecule has 0 aliphatic rings. The van der Waals surface area contributed by atoms with Gasteiger partial charge < -0.3 is 4.74 Å². The highest BCUT2D eigenvalue weighted by molar-refractivity contribution is 7.80. The molecule has 0 bridgehead atoms. The molecule has 0 amide bonds. The van der Waals surface area contributed by atoms with Crippen molar-refractivity contribution in [2.75, 3.05) is 12.4 Å². The third-order valence-corrected chi connectivity index (χ3v) is 3.22. The average Bonchev–Trinajstić information content (AvgIpc) is 2.27. The van der Waals surface area contributed by atoms with Gasteiger partial charge in [-0.15, -0.1) is 0 Å². The van der Waals surface area contributed by atoms with Gasteiger partial charge in [0.1, 0.15) is 5.75 Å². The van der Waals surface area contributed by atoms with E-state index in [0.29, 0.717) is 6.61 Å². The van der Waals surface area contributed by atoms with Gasteiger partial charge in [0.05, 0.1) is 6.61 Å². The summed E-state index contributed by atoms with van der Waals surface area (Å²) in [5.74, 6) is 1.80. The van der Waals surface area contributed by atoms with Gasteiger partial charge in [0.15, 0.2) is 0 Å². The van der Waals surface area contributed by atoms with Crippen LogP contribution in [0.5, 0.6) is 5.75 Å². The number of thiol groups is 1. The van der Waals surface area contributed by atoms with Crippen molar-refractivity contribution in [3.8, 4) is 5.75 Å². The van der Waals surface area contributed by atoms with Crippen molar-refractivity contribution >= 4 is 12.6 Å². The van der Waals surface area contributed by atoms with E-state index >= 15 is 0 Å². The number of aryl methyl sites for hydroxylation is 1. The van der Waals surface area contributed by atoms with Gasteiger partial charge >= 0.3 is 0 Å². The molecule has 84 valence electrons. The predicted octanol–water partition coefficient (Wildman–Crippen LogP) is 3.58. The van der Waals surface area contributed by atoms with Gasteiger partial charge in [-0.3, -0.25) is 0 Å². The first kappa shape index (κ1) is 12.4. The van der Waals surface area contributed by atoms with Crippen LogP contribution in [-0.4, -0.2) is 12.4 Å². The fraction of sp³-hybridized carbons (Fsp3) is 0.538. The molecule has 0 fully saturated rings. The molecule has 0 saturated heterocycles. The molecule has 0 aliphatic carbocycles. The van der Waals surface area contributed by atoms with Crippen LogP contribution < -0.4 is 4.74 Å².